The van der Waals surface area contributed by atoms with E-state index in [2.05, 4.69) is 5.32 Å². The van der Waals surface area contributed by atoms with E-state index >= 15 is 0 Å². The first-order valence-electron chi connectivity index (χ1n) is 5.81. The van der Waals surface area contributed by atoms with Gasteiger partial charge in [-0.1, -0.05) is 41.9 Å². The average molecular weight is 262 g/mol. The summed E-state index contributed by atoms with van der Waals surface area (Å²) in [5.41, 5.74) is 1.39. The molecule has 0 saturated carbocycles. The summed E-state index contributed by atoms with van der Waals surface area (Å²) in [7, 11) is 1.83. The van der Waals surface area contributed by atoms with Crippen LogP contribution in [0.5, 0.6) is 0 Å². The molecule has 0 spiro atoms. The van der Waals surface area contributed by atoms with Crippen LogP contribution >= 0.6 is 11.6 Å². The topological polar surface area (TPSA) is 32.3 Å². The minimum atomic E-state index is -1.08. The third kappa shape index (κ3) is 2.35. The lowest BCUT2D eigenvalue weighted by molar-refractivity contribution is 0.103. The maximum absolute atomic E-state index is 10.8. The summed E-state index contributed by atoms with van der Waals surface area (Å²) in [6, 6.07) is 15.0. The van der Waals surface area contributed by atoms with Crippen molar-refractivity contribution in [1.82, 2.24) is 0 Å². The fourth-order valence-electron chi connectivity index (χ4n) is 2.06. The van der Waals surface area contributed by atoms with E-state index in [-0.39, 0.29) is 0 Å². The molecule has 0 aliphatic rings. The van der Waals surface area contributed by atoms with Crippen molar-refractivity contribution >= 4 is 17.3 Å². The van der Waals surface area contributed by atoms with Gasteiger partial charge in [-0.05, 0) is 30.7 Å². The zero-order valence-corrected chi connectivity index (χ0v) is 11.2. The van der Waals surface area contributed by atoms with Crippen molar-refractivity contribution < 1.29 is 5.11 Å². The minimum Gasteiger partial charge on any atom is -0.388 e. The van der Waals surface area contributed by atoms with E-state index in [0.29, 0.717) is 5.02 Å². The van der Waals surface area contributed by atoms with E-state index in [1.165, 1.54) is 0 Å². The van der Waals surface area contributed by atoms with Crippen LogP contribution in [0.4, 0.5) is 5.69 Å². The number of benzene rings is 2. The van der Waals surface area contributed by atoms with Gasteiger partial charge in [0.05, 0.1) is 0 Å². The van der Waals surface area contributed by atoms with Crippen molar-refractivity contribution in [1.29, 1.82) is 0 Å². The second-order valence-electron chi connectivity index (χ2n) is 4.38. The Morgan fingerprint density at radius 2 is 1.78 bits per heavy atom. The molecule has 2 N–H and O–H groups in total. The molecule has 2 rings (SSSR count). The lowest BCUT2D eigenvalue weighted by atomic mass is 9.87. The molecule has 0 heterocycles. The first-order chi connectivity index (χ1) is 8.55. The molecular weight excluding hydrogens is 246 g/mol. The number of anilines is 1. The highest BCUT2D eigenvalue weighted by Crippen LogP contribution is 2.35. The van der Waals surface area contributed by atoms with Crippen molar-refractivity contribution in [3.05, 3.63) is 64.7 Å². The summed E-state index contributed by atoms with van der Waals surface area (Å²) in [6.45, 7) is 1.77. The SMILES string of the molecule is CNc1ccc(Cl)cc1[C@](C)(O)c1ccccc1. The van der Waals surface area contributed by atoms with E-state index < -0.39 is 5.60 Å². The Morgan fingerprint density at radius 1 is 1.11 bits per heavy atom. The molecule has 94 valence electrons. The third-order valence-electron chi connectivity index (χ3n) is 3.11. The molecule has 0 bridgehead atoms. The van der Waals surface area contributed by atoms with Crippen LogP contribution in [0.25, 0.3) is 0 Å². The predicted octanol–water partition coefficient (Wildman–Crippen LogP) is 3.64. The second-order valence-corrected chi connectivity index (χ2v) is 4.81. The van der Waals surface area contributed by atoms with Crippen LogP contribution in [0, 0.1) is 0 Å². The number of nitrogens with one attached hydrogen (secondary N) is 1. The molecule has 0 radical (unpaired) electrons. The van der Waals surface area contributed by atoms with Gasteiger partial charge in [0, 0.05) is 23.3 Å². The molecule has 1 atom stereocenters. The Morgan fingerprint density at radius 3 is 2.39 bits per heavy atom. The summed E-state index contributed by atoms with van der Waals surface area (Å²) in [4.78, 5) is 0. The number of rotatable bonds is 3. The van der Waals surface area contributed by atoms with Crippen molar-refractivity contribution in [2.45, 2.75) is 12.5 Å². The Labute approximate surface area is 112 Å². The normalized spacial score (nSPS) is 14.0. The summed E-state index contributed by atoms with van der Waals surface area (Å²) in [6.07, 6.45) is 0. The smallest absolute Gasteiger partial charge is 0.114 e. The average Bonchev–Trinajstić information content (AvgIpc) is 2.39. The molecule has 0 fully saturated rings. The van der Waals surface area contributed by atoms with Gasteiger partial charge in [-0.25, -0.2) is 0 Å². The van der Waals surface area contributed by atoms with Gasteiger partial charge < -0.3 is 10.4 Å². The lowest BCUT2D eigenvalue weighted by Crippen LogP contribution is -2.24. The molecule has 0 aromatic heterocycles. The number of aliphatic hydroxyl groups is 1. The first-order valence-corrected chi connectivity index (χ1v) is 6.19. The molecule has 3 heteroatoms. The molecule has 0 unspecified atom stereocenters. The molecule has 0 aliphatic carbocycles. The predicted molar refractivity (Wildman–Crippen MR) is 76.1 cm³/mol. The summed E-state index contributed by atoms with van der Waals surface area (Å²) in [5, 5.41) is 14.5. The van der Waals surface area contributed by atoms with Crippen LogP contribution < -0.4 is 5.32 Å². The van der Waals surface area contributed by atoms with Gasteiger partial charge >= 0.3 is 0 Å². The van der Waals surface area contributed by atoms with Crippen molar-refractivity contribution in [2.75, 3.05) is 12.4 Å². The van der Waals surface area contributed by atoms with Gasteiger partial charge in [-0.15, -0.1) is 0 Å². The number of hydrogen-bond donors (Lipinski definition) is 2. The largest absolute Gasteiger partial charge is 0.388 e. The fourth-order valence-corrected chi connectivity index (χ4v) is 2.23. The van der Waals surface area contributed by atoms with E-state index in [4.69, 9.17) is 11.6 Å². The summed E-state index contributed by atoms with van der Waals surface area (Å²) >= 11 is 6.03. The molecule has 0 aliphatic heterocycles. The first kappa shape index (κ1) is 12.9. The van der Waals surface area contributed by atoms with E-state index in [1.807, 2.05) is 43.4 Å². The number of halogens is 1. The maximum atomic E-state index is 10.8. The van der Waals surface area contributed by atoms with Crippen LogP contribution in [-0.4, -0.2) is 12.2 Å². The lowest BCUT2D eigenvalue weighted by Gasteiger charge is -2.27. The Kier molecular flexibility index (Phi) is 3.60. The van der Waals surface area contributed by atoms with E-state index in [0.717, 1.165) is 16.8 Å². The van der Waals surface area contributed by atoms with Crippen LogP contribution in [0.1, 0.15) is 18.1 Å². The molecule has 2 nitrogen and oxygen atoms in total. The molecular formula is C15H16ClNO. The zero-order valence-electron chi connectivity index (χ0n) is 10.4. The second kappa shape index (κ2) is 5.01. The number of hydrogen-bond acceptors (Lipinski definition) is 2. The highest BCUT2D eigenvalue weighted by molar-refractivity contribution is 6.30. The minimum absolute atomic E-state index is 0.611. The summed E-state index contributed by atoms with van der Waals surface area (Å²) in [5.74, 6) is 0. The van der Waals surface area contributed by atoms with Gasteiger partial charge in [0.1, 0.15) is 5.60 Å². The standard InChI is InChI=1S/C15H16ClNO/c1-15(18,11-6-4-3-5-7-11)13-10-12(16)8-9-14(13)17-2/h3-10,17-18H,1-2H3/t15-/m1/s1. The Balaban J connectivity index is 2.56. The zero-order chi connectivity index (χ0) is 13.2. The van der Waals surface area contributed by atoms with Crippen LogP contribution in [0.15, 0.2) is 48.5 Å². The fraction of sp³-hybridized carbons (Fsp3) is 0.200. The molecule has 18 heavy (non-hydrogen) atoms. The summed E-state index contributed by atoms with van der Waals surface area (Å²) < 4.78 is 0. The molecule has 2 aromatic carbocycles. The van der Waals surface area contributed by atoms with Crippen molar-refractivity contribution in [2.24, 2.45) is 0 Å². The van der Waals surface area contributed by atoms with Crippen LogP contribution in [0.3, 0.4) is 0 Å². The van der Waals surface area contributed by atoms with Gasteiger partial charge in [0.2, 0.25) is 0 Å². The van der Waals surface area contributed by atoms with Crippen molar-refractivity contribution in [3.63, 3.8) is 0 Å². The highest BCUT2D eigenvalue weighted by atomic mass is 35.5. The van der Waals surface area contributed by atoms with Gasteiger partial charge in [0.15, 0.2) is 0 Å². The van der Waals surface area contributed by atoms with Crippen LogP contribution in [-0.2, 0) is 5.60 Å². The van der Waals surface area contributed by atoms with Gasteiger partial charge in [0.25, 0.3) is 0 Å². The third-order valence-corrected chi connectivity index (χ3v) is 3.35. The maximum Gasteiger partial charge on any atom is 0.114 e. The molecule has 0 amide bonds. The molecule has 0 saturated heterocycles. The van der Waals surface area contributed by atoms with Crippen molar-refractivity contribution in [3.8, 4) is 0 Å². The molecule has 2 aromatic rings. The highest BCUT2D eigenvalue weighted by Gasteiger charge is 2.28. The van der Waals surface area contributed by atoms with Gasteiger partial charge in [-0.3, -0.25) is 0 Å². The Bertz CT molecular complexity index is 537. The van der Waals surface area contributed by atoms with E-state index in [1.54, 1.807) is 19.1 Å². The van der Waals surface area contributed by atoms with Crippen LogP contribution in [0.2, 0.25) is 5.02 Å². The Hall–Kier alpha value is -1.51. The quantitative estimate of drug-likeness (QED) is 0.884. The monoisotopic (exact) mass is 261 g/mol. The van der Waals surface area contributed by atoms with Gasteiger partial charge in [-0.2, -0.15) is 0 Å². The van der Waals surface area contributed by atoms with E-state index in [9.17, 15) is 5.11 Å².